The third-order valence-corrected chi connectivity index (χ3v) is 3.08. The van der Waals surface area contributed by atoms with Crippen LogP contribution in [0.3, 0.4) is 0 Å². The number of halogens is 1. The standard InChI is InChI=1S/C14H13FO2/c1-14(2,13(16)17)10-6-7-11-9(8-10)4-3-5-12(11)15/h3-8H,1-2H3,(H,16,17). The van der Waals surface area contributed by atoms with Crippen LogP contribution in [0.15, 0.2) is 36.4 Å². The highest BCUT2D eigenvalue weighted by atomic mass is 19.1. The van der Waals surface area contributed by atoms with Gasteiger partial charge in [-0.25, -0.2) is 4.39 Å². The second kappa shape index (κ2) is 3.84. The Hall–Kier alpha value is -1.90. The normalized spacial score (nSPS) is 11.7. The molecule has 1 N–H and O–H groups in total. The van der Waals surface area contributed by atoms with Gasteiger partial charge in [0.1, 0.15) is 5.82 Å². The highest BCUT2D eigenvalue weighted by Gasteiger charge is 2.29. The van der Waals surface area contributed by atoms with E-state index >= 15 is 0 Å². The Morgan fingerprint density at radius 1 is 1.24 bits per heavy atom. The van der Waals surface area contributed by atoms with Crippen LogP contribution in [0.4, 0.5) is 4.39 Å². The van der Waals surface area contributed by atoms with Gasteiger partial charge in [-0.3, -0.25) is 4.79 Å². The molecule has 0 aliphatic heterocycles. The smallest absolute Gasteiger partial charge is 0.313 e. The molecule has 0 unspecified atom stereocenters. The molecule has 88 valence electrons. The van der Waals surface area contributed by atoms with Crippen molar-refractivity contribution in [2.24, 2.45) is 0 Å². The molecule has 2 aromatic rings. The number of carbonyl (C=O) groups is 1. The fourth-order valence-electron chi connectivity index (χ4n) is 1.76. The molecule has 2 rings (SSSR count). The first kappa shape index (κ1) is 11.6. The topological polar surface area (TPSA) is 37.3 Å². The van der Waals surface area contributed by atoms with Crippen LogP contribution in [0, 0.1) is 5.82 Å². The van der Waals surface area contributed by atoms with E-state index in [0.717, 1.165) is 5.39 Å². The van der Waals surface area contributed by atoms with Gasteiger partial charge in [0.25, 0.3) is 0 Å². The number of carboxylic acid groups (broad SMARTS) is 1. The number of carboxylic acids is 1. The minimum atomic E-state index is -0.972. The Kier molecular flexibility index (Phi) is 2.62. The van der Waals surface area contributed by atoms with Gasteiger partial charge in [0, 0.05) is 5.39 Å². The third kappa shape index (κ3) is 1.88. The lowest BCUT2D eigenvalue weighted by Crippen LogP contribution is -2.28. The van der Waals surface area contributed by atoms with Crippen LogP contribution in [-0.4, -0.2) is 11.1 Å². The highest BCUT2D eigenvalue weighted by Crippen LogP contribution is 2.27. The molecule has 0 saturated carbocycles. The number of rotatable bonds is 2. The van der Waals surface area contributed by atoms with Crippen molar-refractivity contribution in [3.05, 3.63) is 47.8 Å². The molecule has 0 aliphatic rings. The van der Waals surface area contributed by atoms with Crippen LogP contribution in [0.5, 0.6) is 0 Å². The summed E-state index contributed by atoms with van der Waals surface area (Å²) in [6.07, 6.45) is 0. The molecular formula is C14H13FO2. The Labute approximate surface area is 98.7 Å². The van der Waals surface area contributed by atoms with E-state index < -0.39 is 11.4 Å². The van der Waals surface area contributed by atoms with Gasteiger partial charge in [-0.15, -0.1) is 0 Å². The van der Waals surface area contributed by atoms with Gasteiger partial charge in [0.15, 0.2) is 0 Å². The minimum Gasteiger partial charge on any atom is -0.481 e. The van der Waals surface area contributed by atoms with Crippen LogP contribution in [0.1, 0.15) is 19.4 Å². The van der Waals surface area contributed by atoms with E-state index in [9.17, 15) is 9.18 Å². The van der Waals surface area contributed by atoms with Crippen LogP contribution in [0.2, 0.25) is 0 Å². The van der Waals surface area contributed by atoms with Gasteiger partial charge >= 0.3 is 5.97 Å². The average Bonchev–Trinajstić information content (AvgIpc) is 2.28. The third-order valence-electron chi connectivity index (χ3n) is 3.08. The summed E-state index contributed by atoms with van der Waals surface area (Å²) in [5.41, 5.74) is -0.302. The quantitative estimate of drug-likeness (QED) is 0.862. The predicted molar refractivity (Wildman–Crippen MR) is 64.6 cm³/mol. The van der Waals surface area contributed by atoms with Crippen molar-refractivity contribution in [2.75, 3.05) is 0 Å². The Balaban J connectivity index is 2.64. The van der Waals surface area contributed by atoms with E-state index in [4.69, 9.17) is 5.11 Å². The molecule has 2 nitrogen and oxygen atoms in total. The number of hydrogen-bond donors (Lipinski definition) is 1. The van der Waals surface area contributed by atoms with Crippen LogP contribution >= 0.6 is 0 Å². The molecular weight excluding hydrogens is 219 g/mol. The zero-order valence-corrected chi connectivity index (χ0v) is 9.70. The maximum atomic E-state index is 13.5. The minimum absolute atomic E-state index is 0.290. The van der Waals surface area contributed by atoms with E-state index in [2.05, 4.69) is 0 Å². The lowest BCUT2D eigenvalue weighted by Gasteiger charge is -2.20. The summed E-state index contributed by atoms with van der Waals surface area (Å²) in [6.45, 7) is 3.27. The van der Waals surface area contributed by atoms with Gasteiger partial charge in [-0.2, -0.15) is 0 Å². The van der Waals surface area contributed by atoms with Crippen LogP contribution < -0.4 is 0 Å². The molecule has 0 heterocycles. The molecule has 0 aromatic heterocycles. The number of fused-ring (bicyclic) bond motifs is 1. The Bertz CT molecular complexity index is 588. The number of hydrogen-bond acceptors (Lipinski definition) is 1. The Morgan fingerprint density at radius 2 is 1.94 bits per heavy atom. The van der Waals surface area contributed by atoms with Crippen molar-refractivity contribution in [3.63, 3.8) is 0 Å². The van der Waals surface area contributed by atoms with E-state index in [1.165, 1.54) is 6.07 Å². The molecule has 0 radical (unpaired) electrons. The zero-order valence-electron chi connectivity index (χ0n) is 9.70. The highest BCUT2D eigenvalue weighted by molar-refractivity contribution is 5.87. The molecule has 0 bridgehead atoms. The van der Waals surface area contributed by atoms with Crippen molar-refractivity contribution >= 4 is 16.7 Å². The summed E-state index contributed by atoms with van der Waals surface area (Å²) in [5.74, 6) is -1.18. The van der Waals surface area contributed by atoms with Crippen molar-refractivity contribution < 1.29 is 14.3 Å². The predicted octanol–water partition coefficient (Wildman–Crippen LogP) is 3.34. The summed E-state index contributed by atoms with van der Waals surface area (Å²) in [6, 6.07) is 9.82. The van der Waals surface area contributed by atoms with E-state index in [-0.39, 0.29) is 5.82 Å². The Morgan fingerprint density at radius 3 is 2.59 bits per heavy atom. The summed E-state index contributed by atoms with van der Waals surface area (Å²) < 4.78 is 13.5. The first-order valence-corrected chi connectivity index (χ1v) is 5.35. The van der Waals surface area contributed by atoms with Crippen molar-refractivity contribution in [1.82, 2.24) is 0 Å². The lowest BCUT2D eigenvalue weighted by atomic mass is 9.84. The molecule has 0 aliphatic carbocycles. The fourth-order valence-corrected chi connectivity index (χ4v) is 1.76. The van der Waals surface area contributed by atoms with Crippen molar-refractivity contribution in [1.29, 1.82) is 0 Å². The summed E-state index contributed by atoms with van der Waals surface area (Å²) in [7, 11) is 0. The molecule has 17 heavy (non-hydrogen) atoms. The molecule has 0 fully saturated rings. The van der Waals surface area contributed by atoms with Gasteiger partial charge in [-0.1, -0.05) is 24.3 Å². The van der Waals surface area contributed by atoms with Crippen molar-refractivity contribution in [2.45, 2.75) is 19.3 Å². The molecule has 0 spiro atoms. The van der Waals surface area contributed by atoms with E-state index in [0.29, 0.717) is 10.9 Å². The van der Waals surface area contributed by atoms with Gasteiger partial charge in [-0.05, 0) is 36.9 Å². The summed E-state index contributed by atoms with van der Waals surface area (Å²) in [4.78, 5) is 11.2. The summed E-state index contributed by atoms with van der Waals surface area (Å²) in [5, 5.41) is 10.4. The first-order chi connectivity index (χ1) is 7.93. The van der Waals surface area contributed by atoms with Crippen molar-refractivity contribution in [3.8, 4) is 0 Å². The maximum absolute atomic E-state index is 13.5. The van der Waals surface area contributed by atoms with Crippen LogP contribution in [-0.2, 0) is 10.2 Å². The van der Waals surface area contributed by atoms with Gasteiger partial charge in [0.2, 0.25) is 0 Å². The lowest BCUT2D eigenvalue weighted by molar-refractivity contribution is -0.142. The zero-order chi connectivity index (χ0) is 12.6. The fraction of sp³-hybridized carbons (Fsp3) is 0.214. The van der Waals surface area contributed by atoms with Gasteiger partial charge in [0.05, 0.1) is 5.41 Å². The monoisotopic (exact) mass is 232 g/mol. The average molecular weight is 232 g/mol. The number of benzene rings is 2. The largest absolute Gasteiger partial charge is 0.481 e. The van der Waals surface area contributed by atoms with Crippen LogP contribution in [0.25, 0.3) is 10.8 Å². The molecule has 0 saturated heterocycles. The maximum Gasteiger partial charge on any atom is 0.313 e. The second-order valence-electron chi connectivity index (χ2n) is 4.61. The SMILES string of the molecule is CC(C)(C(=O)O)c1ccc2c(F)cccc2c1. The second-order valence-corrected chi connectivity index (χ2v) is 4.61. The first-order valence-electron chi connectivity index (χ1n) is 5.35. The molecule has 3 heteroatoms. The molecule has 0 amide bonds. The van der Waals surface area contributed by atoms with Gasteiger partial charge < -0.3 is 5.11 Å². The van der Waals surface area contributed by atoms with E-state index in [1.54, 1.807) is 44.2 Å². The number of aliphatic carboxylic acids is 1. The molecule has 0 atom stereocenters. The summed E-state index contributed by atoms with van der Waals surface area (Å²) >= 11 is 0. The van der Waals surface area contributed by atoms with E-state index in [1.807, 2.05) is 0 Å². The molecule has 2 aromatic carbocycles.